The van der Waals surface area contributed by atoms with Gasteiger partial charge in [-0.2, -0.15) is 0 Å². The number of ether oxygens (including phenoxy) is 1. The summed E-state index contributed by atoms with van der Waals surface area (Å²) >= 11 is 0. The van der Waals surface area contributed by atoms with Crippen molar-refractivity contribution >= 4 is 0 Å². The van der Waals surface area contributed by atoms with Crippen LogP contribution in [0.3, 0.4) is 0 Å². The first-order chi connectivity index (χ1) is 6.90. The van der Waals surface area contributed by atoms with Crippen molar-refractivity contribution in [2.75, 3.05) is 34.3 Å². The van der Waals surface area contributed by atoms with E-state index in [1.165, 1.54) is 11.1 Å². The molecule has 0 amide bonds. The van der Waals surface area contributed by atoms with E-state index in [1.54, 1.807) is 0 Å². The number of quaternary nitrogens is 1. The van der Waals surface area contributed by atoms with Crippen molar-refractivity contribution in [1.29, 1.82) is 0 Å². The third-order valence-electron chi connectivity index (χ3n) is 2.42. The summed E-state index contributed by atoms with van der Waals surface area (Å²) in [7, 11) is 6.52. The molecule has 16 heavy (non-hydrogen) atoms. The molecule has 0 N–H and O–H groups in total. The van der Waals surface area contributed by atoms with Crippen LogP contribution in [-0.2, 0) is 0 Å². The van der Waals surface area contributed by atoms with Crippen LogP contribution < -0.4 is 21.7 Å². The number of benzene rings is 1. The zero-order valence-electron chi connectivity index (χ0n) is 10.9. The van der Waals surface area contributed by atoms with Crippen molar-refractivity contribution in [2.45, 2.75) is 13.8 Å². The molecule has 0 aliphatic heterocycles. The van der Waals surface area contributed by atoms with E-state index in [0.29, 0.717) is 0 Å². The minimum Gasteiger partial charge on any atom is -1.00 e. The fourth-order valence-electron chi connectivity index (χ4n) is 1.45. The van der Waals surface area contributed by atoms with E-state index in [1.807, 2.05) is 0 Å². The fraction of sp³-hybridized carbons (Fsp3) is 0.538. The summed E-state index contributed by atoms with van der Waals surface area (Å²) in [4.78, 5) is 0. The summed E-state index contributed by atoms with van der Waals surface area (Å²) in [6.07, 6.45) is 0. The third kappa shape index (κ3) is 4.99. The van der Waals surface area contributed by atoms with Gasteiger partial charge in [-0.3, -0.25) is 0 Å². The standard InChI is InChI=1S/C13H22NO.BrH/c1-11-7-6-8-12(2)13(11)15-10-9-14(3,4)5;/h6-8H,9-10H2,1-5H3;1H/q+1;/p-1. The average molecular weight is 288 g/mol. The Labute approximate surface area is 110 Å². The molecule has 0 radical (unpaired) electrons. The van der Waals surface area contributed by atoms with Crippen LogP contribution >= 0.6 is 0 Å². The van der Waals surface area contributed by atoms with Gasteiger partial charge in [-0.05, 0) is 25.0 Å². The number of hydrogen-bond acceptors (Lipinski definition) is 1. The summed E-state index contributed by atoms with van der Waals surface area (Å²) < 4.78 is 6.76. The molecule has 0 aliphatic rings. The molecule has 92 valence electrons. The average Bonchev–Trinajstić information content (AvgIpc) is 2.08. The van der Waals surface area contributed by atoms with E-state index < -0.39 is 0 Å². The lowest BCUT2D eigenvalue weighted by atomic mass is 10.1. The van der Waals surface area contributed by atoms with Gasteiger partial charge in [0.15, 0.2) is 0 Å². The Morgan fingerprint density at radius 1 is 1.06 bits per heavy atom. The van der Waals surface area contributed by atoms with Crippen LogP contribution in [0, 0.1) is 13.8 Å². The lowest BCUT2D eigenvalue weighted by Crippen LogP contribution is -3.00. The predicted molar refractivity (Wildman–Crippen MR) is 64.3 cm³/mol. The van der Waals surface area contributed by atoms with Gasteiger partial charge in [0.2, 0.25) is 0 Å². The summed E-state index contributed by atoms with van der Waals surface area (Å²) in [6.45, 7) is 5.98. The highest BCUT2D eigenvalue weighted by Crippen LogP contribution is 2.22. The van der Waals surface area contributed by atoms with Crippen molar-refractivity contribution in [3.05, 3.63) is 29.3 Å². The molecule has 0 saturated heterocycles. The van der Waals surface area contributed by atoms with Crippen molar-refractivity contribution in [1.82, 2.24) is 0 Å². The van der Waals surface area contributed by atoms with Crippen LogP contribution in [0.1, 0.15) is 11.1 Å². The maximum absolute atomic E-state index is 5.83. The topological polar surface area (TPSA) is 9.23 Å². The highest BCUT2D eigenvalue weighted by atomic mass is 79.9. The summed E-state index contributed by atoms with van der Waals surface area (Å²) in [5, 5.41) is 0. The minimum atomic E-state index is 0. The van der Waals surface area contributed by atoms with E-state index in [-0.39, 0.29) is 17.0 Å². The minimum absolute atomic E-state index is 0. The smallest absolute Gasteiger partial charge is 0.137 e. The first-order valence-electron chi connectivity index (χ1n) is 5.39. The molecule has 0 spiro atoms. The van der Waals surface area contributed by atoms with Crippen LogP contribution in [0.2, 0.25) is 0 Å². The highest BCUT2D eigenvalue weighted by Gasteiger charge is 2.08. The van der Waals surface area contributed by atoms with E-state index in [2.05, 4.69) is 53.2 Å². The van der Waals surface area contributed by atoms with Gasteiger partial charge in [-0.25, -0.2) is 0 Å². The molecule has 0 atom stereocenters. The summed E-state index contributed by atoms with van der Waals surface area (Å²) in [5.74, 6) is 1.05. The molecule has 0 saturated carbocycles. The maximum Gasteiger partial charge on any atom is 0.137 e. The second-order valence-electron chi connectivity index (χ2n) is 5.08. The monoisotopic (exact) mass is 287 g/mol. The molecule has 2 nitrogen and oxygen atoms in total. The van der Waals surface area contributed by atoms with Crippen molar-refractivity contribution in [3.63, 3.8) is 0 Å². The quantitative estimate of drug-likeness (QED) is 0.672. The molecule has 1 aromatic carbocycles. The molecule has 1 rings (SSSR count). The van der Waals surface area contributed by atoms with Gasteiger partial charge in [-0.15, -0.1) is 0 Å². The zero-order chi connectivity index (χ0) is 11.5. The lowest BCUT2D eigenvalue weighted by Gasteiger charge is -2.24. The second kappa shape index (κ2) is 6.26. The molecule has 0 heterocycles. The Kier molecular flexibility index (Phi) is 6.05. The van der Waals surface area contributed by atoms with Gasteiger partial charge in [0.25, 0.3) is 0 Å². The van der Waals surface area contributed by atoms with Crippen molar-refractivity contribution in [2.24, 2.45) is 0 Å². The SMILES string of the molecule is Cc1cccc(C)c1OCC[N+](C)(C)C.[Br-]. The first-order valence-corrected chi connectivity index (χ1v) is 5.39. The molecule has 1 aromatic rings. The second-order valence-corrected chi connectivity index (χ2v) is 5.08. The largest absolute Gasteiger partial charge is 1.00 e. The number of rotatable bonds is 4. The van der Waals surface area contributed by atoms with Crippen LogP contribution in [0.4, 0.5) is 0 Å². The first kappa shape index (κ1) is 15.5. The fourth-order valence-corrected chi connectivity index (χ4v) is 1.45. The maximum atomic E-state index is 5.83. The van der Waals surface area contributed by atoms with Gasteiger partial charge in [0.05, 0.1) is 21.1 Å². The Morgan fingerprint density at radius 3 is 2.00 bits per heavy atom. The Hall–Kier alpha value is -0.540. The number of para-hydroxylation sites is 1. The van der Waals surface area contributed by atoms with Gasteiger partial charge in [0.1, 0.15) is 18.9 Å². The molecule has 3 heteroatoms. The normalized spacial score (nSPS) is 10.8. The van der Waals surface area contributed by atoms with Crippen molar-refractivity contribution in [3.8, 4) is 5.75 Å². The lowest BCUT2D eigenvalue weighted by molar-refractivity contribution is -0.870. The highest BCUT2D eigenvalue weighted by molar-refractivity contribution is 5.39. The van der Waals surface area contributed by atoms with Gasteiger partial charge in [-0.1, -0.05) is 18.2 Å². The third-order valence-corrected chi connectivity index (χ3v) is 2.42. The Morgan fingerprint density at radius 2 is 1.56 bits per heavy atom. The number of halogens is 1. The molecular formula is C13H22BrNO. The molecule has 0 aromatic heterocycles. The number of hydrogen-bond donors (Lipinski definition) is 0. The number of aryl methyl sites for hydroxylation is 2. The molecule has 0 aliphatic carbocycles. The predicted octanol–water partition coefficient (Wildman–Crippen LogP) is -0.608. The molecule has 0 fully saturated rings. The van der Waals surface area contributed by atoms with Gasteiger partial charge < -0.3 is 26.2 Å². The van der Waals surface area contributed by atoms with Crippen LogP contribution in [0.5, 0.6) is 5.75 Å². The number of nitrogens with zero attached hydrogens (tertiary/aromatic N) is 1. The van der Waals surface area contributed by atoms with E-state index in [9.17, 15) is 0 Å². The molecular weight excluding hydrogens is 266 g/mol. The molecule has 0 bridgehead atoms. The van der Waals surface area contributed by atoms with Crippen LogP contribution in [0.15, 0.2) is 18.2 Å². The Bertz CT molecular complexity index is 311. The zero-order valence-corrected chi connectivity index (χ0v) is 12.5. The summed E-state index contributed by atoms with van der Waals surface area (Å²) in [6, 6.07) is 6.25. The van der Waals surface area contributed by atoms with E-state index >= 15 is 0 Å². The van der Waals surface area contributed by atoms with Crippen molar-refractivity contribution < 1.29 is 26.2 Å². The number of likely N-dealkylation sites (N-methyl/N-ethyl adjacent to an activating group) is 1. The molecule has 0 unspecified atom stereocenters. The van der Waals surface area contributed by atoms with Crippen LogP contribution in [-0.4, -0.2) is 38.8 Å². The van der Waals surface area contributed by atoms with E-state index in [0.717, 1.165) is 23.4 Å². The van der Waals surface area contributed by atoms with Crippen LogP contribution in [0.25, 0.3) is 0 Å². The van der Waals surface area contributed by atoms with E-state index in [4.69, 9.17) is 4.74 Å². The van der Waals surface area contributed by atoms with Gasteiger partial charge >= 0.3 is 0 Å². The van der Waals surface area contributed by atoms with Gasteiger partial charge in [0, 0.05) is 0 Å². The summed E-state index contributed by atoms with van der Waals surface area (Å²) in [5.41, 5.74) is 2.44. The Balaban J connectivity index is 0.00000225.